The topological polar surface area (TPSA) is 0 Å². The molecule has 0 saturated carbocycles. The number of halogens is 2. The quantitative estimate of drug-likeness (QED) is 0.471. The Labute approximate surface area is 72.1 Å². The first-order valence-corrected chi connectivity index (χ1v) is 6.34. The van der Waals surface area contributed by atoms with E-state index in [2.05, 4.69) is 0 Å². The molecule has 0 nitrogen and oxygen atoms in total. The van der Waals surface area contributed by atoms with Gasteiger partial charge in [-0.25, -0.2) is 0 Å². The first-order chi connectivity index (χ1) is 4.70. The maximum absolute atomic E-state index is 5.92. The summed E-state index contributed by atoms with van der Waals surface area (Å²) in [4.78, 5) is 0. The molecule has 1 aromatic rings. The summed E-state index contributed by atoms with van der Waals surface area (Å²) in [5, 5.41) is 1.93. The predicted molar refractivity (Wildman–Crippen MR) is 48.6 cm³/mol. The van der Waals surface area contributed by atoms with Crippen molar-refractivity contribution < 1.29 is 0 Å². The lowest BCUT2D eigenvalue weighted by atomic mass is 10.4. The Balaban J connectivity index is 2.96. The zero-order chi connectivity index (χ0) is 7.56. The van der Waals surface area contributed by atoms with Crippen LogP contribution in [0, 0.1) is 0 Å². The van der Waals surface area contributed by atoms with E-state index in [9.17, 15) is 0 Å². The standard InChI is InChI=1S/C7H7Cl2Si/c1-10(9)7-4-2-3-6(8)5-7/h2-5H,1H3. The highest BCUT2D eigenvalue weighted by molar-refractivity contribution is 7.13. The molecule has 0 bridgehead atoms. The minimum absolute atomic E-state index is 0.766. The zero-order valence-corrected chi connectivity index (χ0v) is 8.08. The van der Waals surface area contributed by atoms with E-state index in [-0.39, 0.29) is 0 Å². The zero-order valence-electron chi connectivity index (χ0n) is 5.57. The molecular formula is C7H7Cl2Si. The molecule has 53 valence electrons. The molecule has 0 heterocycles. The van der Waals surface area contributed by atoms with Crippen molar-refractivity contribution in [2.24, 2.45) is 0 Å². The van der Waals surface area contributed by atoms with Crippen LogP contribution >= 0.6 is 22.7 Å². The number of rotatable bonds is 1. The molecule has 0 aliphatic carbocycles. The van der Waals surface area contributed by atoms with Gasteiger partial charge in [0.1, 0.15) is 0 Å². The molecule has 0 unspecified atom stereocenters. The maximum atomic E-state index is 5.92. The summed E-state index contributed by atoms with van der Waals surface area (Å²) in [5.74, 6) is 0. The lowest BCUT2D eigenvalue weighted by Crippen LogP contribution is -2.19. The van der Waals surface area contributed by atoms with Gasteiger partial charge in [-0.1, -0.05) is 30.3 Å². The summed E-state index contributed by atoms with van der Waals surface area (Å²) >= 11 is 11.7. The Morgan fingerprint density at radius 2 is 2.10 bits per heavy atom. The van der Waals surface area contributed by atoms with Gasteiger partial charge in [0, 0.05) is 5.02 Å². The first kappa shape index (κ1) is 8.12. The molecule has 0 aromatic heterocycles. The van der Waals surface area contributed by atoms with Gasteiger partial charge in [-0.2, -0.15) is 11.1 Å². The highest BCUT2D eigenvalue weighted by Gasteiger charge is 2.02. The van der Waals surface area contributed by atoms with Crippen molar-refractivity contribution in [3.05, 3.63) is 29.3 Å². The molecule has 0 atom stereocenters. The lowest BCUT2D eigenvalue weighted by molar-refractivity contribution is 1.76. The second-order valence-corrected chi connectivity index (χ2v) is 5.83. The third kappa shape index (κ3) is 2.01. The van der Waals surface area contributed by atoms with Crippen molar-refractivity contribution in [1.82, 2.24) is 0 Å². The summed E-state index contributed by atoms with van der Waals surface area (Å²) < 4.78 is 0. The average molecular weight is 190 g/mol. The van der Waals surface area contributed by atoms with Crippen LogP contribution in [0.1, 0.15) is 0 Å². The average Bonchev–Trinajstić information content (AvgIpc) is 1.88. The Bertz CT molecular complexity index is 223. The summed E-state index contributed by atoms with van der Waals surface area (Å²) in [6.07, 6.45) is 0. The fourth-order valence-electron chi connectivity index (χ4n) is 0.703. The minimum Gasteiger partial charge on any atom is -0.163 e. The van der Waals surface area contributed by atoms with Gasteiger partial charge < -0.3 is 0 Å². The van der Waals surface area contributed by atoms with Crippen molar-refractivity contribution >= 4 is 36.0 Å². The van der Waals surface area contributed by atoms with E-state index in [1.165, 1.54) is 5.19 Å². The van der Waals surface area contributed by atoms with Crippen LogP contribution < -0.4 is 5.19 Å². The molecular weight excluding hydrogens is 183 g/mol. The fraction of sp³-hybridized carbons (Fsp3) is 0.143. The molecule has 0 aliphatic heterocycles. The van der Waals surface area contributed by atoms with Crippen molar-refractivity contribution in [3.63, 3.8) is 0 Å². The van der Waals surface area contributed by atoms with Crippen LogP contribution in [-0.2, 0) is 0 Å². The SMILES string of the molecule is C[Si](Cl)c1cccc(Cl)c1. The van der Waals surface area contributed by atoms with E-state index in [1.54, 1.807) is 0 Å². The van der Waals surface area contributed by atoms with E-state index in [1.807, 2.05) is 30.8 Å². The van der Waals surface area contributed by atoms with Gasteiger partial charge in [-0.05, 0) is 17.3 Å². The Hall–Kier alpha value is 0.0169. The second-order valence-electron chi connectivity index (χ2n) is 2.04. The molecule has 3 heteroatoms. The molecule has 0 fully saturated rings. The van der Waals surface area contributed by atoms with E-state index >= 15 is 0 Å². The van der Waals surface area contributed by atoms with Gasteiger partial charge >= 0.3 is 0 Å². The molecule has 0 N–H and O–H groups in total. The van der Waals surface area contributed by atoms with Crippen LogP contribution in [0.4, 0.5) is 0 Å². The lowest BCUT2D eigenvalue weighted by Gasteiger charge is -1.99. The van der Waals surface area contributed by atoms with Gasteiger partial charge in [-0.3, -0.25) is 0 Å². The van der Waals surface area contributed by atoms with E-state index in [4.69, 9.17) is 22.7 Å². The number of benzene rings is 1. The van der Waals surface area contributed by atoms with Crippen molar-refractivity contribution in [3.8, 4) is 0 Å². The Morgan fingerprint density at radius 1 is 1.40 bits per heavy atom. The summed E-state index contributed by atoms with van der Waals surface area (Å²) in [6, 6.07) is 7.71. The summed E-state index contributed by atoms with van der Waals surface area (Å²) in [5.41, 5.74) is 0. The van der Waals surface area contributed by atoms with E-state index in [0.717, 1.165) is 5.02 Å². The summed E-state index contributed by atoms with van der Waals surface area (Å²) in [7, 11) is -0.847. The van der Waals surface area contributed by atoms with E-state index < -0.39 is 8.11 Å². The predicted octanol–water partition coefficient (Wildman–Crippen LogP) is 2.41. The van der Waals surface area contributed by atoms with Gasteiger partial charge in [0.25, 0.3) is 0 Å². The molecule has 1 aromatic carbocycles. The highest BCUT2D eigenvalue weighted by atomic mass is 35.6. The van der Waals surface area contributed by atoms with Crippen molar-refractivity contribution in [1.29, 1.82) is 0 Å². The Morgan fingerprint density at radius 3 is 2.50 bits per heavy atom. The van der Waals surface area contributed by atoms with Gasteiger partial charge in [-0.15, -0.1) is 0 Å². The maximum Gasteiger partial charge on any atom is 0.196 e. The Kier molecular flexibility index (Phi) is 2.78. The van der Waals surface area contributed by atoms with Crippen molar-refractivity contribution in [2.75, 3.05) is 0 Å². The molecule has 0 spiro atoms. The number of hydrogen-bond donors (Lipinski definition) is 0. The third-order valence-electron chi connectivity index (χ3n) is 1.22. The second kappa shape index (κ2) is 3.42. The highest BCUT2D eigenvalue weighted by Crippen LogP contribution is 2.05. The normalized spacial score (nSPS) is 10.4. The van der Waals surface area contributed by atoms with Gasteiger partial charge in [0.15, 0.2) is 8.11 Å². The van der Waals surface area contributed by atoms with E-state index in [0.29, 0.717) is 0 Å². The molecule has 0 amide bonds. The third-order valence-corrected chi connectivity index (χ3v) is 3.22. The number of hydrogen-bond acceptors (Lipinski definition) is 0. The van der Waals surface area contributed by atoms with Crippen LogP contribution in [0.2, 0.25) is 11.6 Å². The minimum atomic E-state index is -0.847. The molecule has 1 rings (SSSR count). The van der Waals surface area contributed by atoms with Crippen LogP contribution in [0.25, 0.3) is 0 Å². The first-order valence-electron chi connectivity index (χ1n) is 2.95. The van der Waals surface area contributed by atoms with Crippen LogP contribution in [0.3, 0.4) is 0 Å². The molecule has 1 radical (unpaired) electrons. The van der Waals surface area contributed by atoms with Crippen LogP contribution in [0.15, 0.2) is 24.3 Å². The monoisotopic (exact) mass is 189 g/mol. The summed E-state index contributed by atoms with van der Waals surface area (Å²) in [6.45, 7) is 2.03. The molecule has 0 saturated heterocycles. The van der Waals surface area contributed by atoms with Crippen molar-refractivity contribution in [2.45, 2.75) is 6.55 Å². The largest absolute Gasteiger partial charge is 0.196 e. The molecule has 10 heavy (non-hydrogen) atoms. The van der Waals surface area contributed by atoms with Crippen LogP contribution in [-0.4, -0.2) is 8.11 Å². The smallest absolute Gasteiger partial charge is 0.163 e. The fourth-order valence-corrected chi connectivity index (χ4v) is 2.02. The molecule has 0 aliphatic rings. The van der Waals surface area contributed by atoms with Gasteiger partial charge in [0.05, 0.1) is 0 Å². The van der Waals surface area contributed by atoms with Gasteiger partial charge in [0.2, 0.25) is 0 Å². The van der Waals surface area contributed by atoms with Crippen LogP contribution in [0.5, 0.6) is 0 Å².